The van der Waals surface area contributed by atoms with Gasteiger partial charge in [0.05, 0.1) is 11.9 Å². The zero-order valence-corrected chi connectivity index (χ0v) is 12.7. The maximum atomic E-state index is 11.8. The SMILES string of the molecule is Cc1ccccc1C(C)Nc1cnn(C)c(=O)c1Br. The number of anilines is 1. The van der Waals surface area contributed by atoms with Gasteiger partial charge in [0.15, 0.2) is 0 Å². The monoisotopic (exact) mass is 321 g/mol. The van der Waals surface area contributed by atoms with E-state index in [4.69, 9.17) is 0 Å². The van der Waals surface area contributed by atoms with Gasteiger partial charge in [-0.25, -0.2) is 4.68 Å². The number of hydrogen-bond acceptors (Lipinski definition) is 3. The van der Waals surface area contributed by atoms with Crippen LogP contribution in [0.1, 0.15) is 24.1 Å². The van der Waals surface area contributed by atoms with Crippen LogP contribution in [-0.4, -0.2) is 9.78 Å². The van der Waals surface area contributed by atoms with Crippen LogP contribution in [0.25, 0.3) is 0 Å². The molecule has 0 radical (unpaired) electrons. The van der Waals surface area contributed by atoms with Crippen molar-refractivity contribution in [1.29, 1.82) is 0 Å². The minimum Gasteiger partial charge on any atom is -0.376 e. The molecule has 2 rings (SSSR count). The van der Waals surface area contributed by atoms with Gasteiger partial charge in [0.25, 0.3) is 5.56 Å². The molecule has 1 atom stereocenters. The first kappa shape index (κ1) is 13.8. The van der Waals surface area contributed by atoms with Crippen molar-refractivity contribution in [2.24, 2.45) is 7.05 Å². The molecule has 1 heterocycles. The molecule has 4 nitrogen and oxygen atoms in total. The van der Waals surface area contributed by atoms with Crippen molar-refractivity contribution in [2.45, 2.75) is 19.9 Å². The van der Waals surface area contributed by atoms with Crippen molar-refractivity contribution in [3.8, 4) is 0 Å². The van der Waals surface area contributed by atoms with E-state index in [1.807, 2.05) is 12.1 Å². The first-order valence-corrected chi connectivity index (χ1v) is 6.84. The molecule has 0 amide bonds. The van der Waals surface area contributed by atoms with E-state index in [-0.39, 0.29) is 11.6 Å². The number of aromatic nitrogens is 2. The zero-order valence-electron chi connectivity index (χ0n) is 11.1. The predicted octanol–water partition coefficient (Wildman–Crippen LogP) is 3.02. The molecule has 2 aromatic rings. The molecule has 0 fully saturated rings. The Morgan fingerprint density at radius 2 is 2.05 bits per heavy atom. The Hall–Kier alpha value is -1.62. The fourth-order valence-electron chi connectivity index (χ4n) is 1.99. The first-order chi connectivity index (χ1) is 9.00. The van der Waals surface area contributed by atoms with Crippen LogP contribution in [-0.2, 0) is 7.05 Å². The molecule has 1 unspecified atom stereocenters. The van der Waals surface area contributed by atoms with Gasteiger partial charge in [-0.05, 0) is 40.9 Å². The molecular weight excluding hydrogens is 306 g/mol. The van der Waals surface area contributed by atoms with Crippen molar-refractivity contribution in [2.75, 3.05) is 5.32 Å². The Morgan fingerprint density at radius 1 is 1.37 bits per heavy atom. The lowest BCUT2D eigenvalue weighted by Crippen LogP contribution is -2.22. The van der Waals surface area contributed by atoms with Gasteiger partial charge in [0, 0.05) is 13.1 Å². The standard InChI is InChI=1S/C14H16BrN3O/c1-9-6-4-5-7-11(9)10(2)17-12-8-16-18(3)14(19)13(12)15/h4-8,10,17H,1-3H3. The van der Waals surface area contributed by atoms with E-state index < -0.39 is 0 Å². The van der Waals surface area contributed by atoms with E-state index in [1.165, 1.54) is 15.8 Å². The van der Waals surface area contributed by atoms with Gasteiger partial charge in [0.1, 0.15) is 4.47 Å². The summed E-state index contributed by atoms with van der Waals surface area (Å²) in [6.45, 7) is 4.14. The lowest BCUT2D eigenvalue weighted by molar-refractivity contribution is 0.701. The Bertz CT molecular complexity index is 651. The summed E-state index contributed by atoms with van der Waals surface area (Å²) >= 11 is 3.31. The second kappa shape index (κ2) is 5.57. The summed E-state index contributed by atoms with van der Waals surface area (Å²) in [6, 6.07) is 8.28. The van der Waals surface area contributed by atoms with Crippen LogP contribution in [0, 0.1) is 6.92 Å². The number of rotatable bonds is 3. The molecule has 0 aliphatic heterocycles. The molecule has 1 N–H and O–H groups in total. The predicted molar refractivity (Wildman–Crippen MR) is 80.4 cm³/mol. The van der Waals surface area contributed by atoms with Gasteiger partial charge in [-0.15, -0.1) is 0 Å². The minimum atomic E-state index is -0.151. The maximum Gasteiger partial charge on any atom is 0.282 e. The van der Waals surface area contributed by atoms with Crippen molar-refractivity contribution in [3.63, 3.8) is 0 Å². The second-order valence-corrected chi connectivity index (χ2v) is 5.32. The minimum absolute atomic E-state index is 0.103. The summed E-state index contributed by atoms with van der Waals surface area (Å²) in [5.74, 6) is 0. The quantitative estimate of drug-likeness (QED) is 0.945. The molecule has 0 spiro atoms. The summed E-state index contributed by atoms with van der Waals surface area (Å²) in [5, 5.41) is 7.33. The highest BCUT2D eigenvalue weighted by atomic mass is 79.9. The number of hydrogen-bond donors (Lipinski definition) is 1. The number of nitrogens with zero attached hydrogens (tertiary/aromatic N) is 2. The lowest BCUT2D eigenvalue weighted by atomic mass is 10.0. The van der Waals surface area contributed by atoms with E-state index >= 15 is 0 Å². The van der Waals surface area contributed by atoms with E-state index in [0.717, 1.165) is 0 Å². The van der Waals surface area contributed by atoms with Crippen LogP contribution in [0.5, 0.6) is 0 Å². The molecule has 0 saturated heterocycles. The van der Waals surface area contributed by atoms with Gasteiger partial charge in [-0.2, -0.15) is 5.10 Å². The fraction of sp³-hybridized carbons (Fsp3) is 0.286. The fourth-order valence-corrected chi connectivity index (χ4v) is 2.47. The number of benzene rings is 1. The van der Waals surface area contributed by atoms with E-state index in [1.54, 1.807) is 13.2 Å². The Labute approximate surface area is 120 Å². The van der Waals surface area contributed by atoms with Gasteiger partial charge < -0.3 is 5.32 Å². The van der Waals surface area contributed by atoms with Gasteiger partial charge >= 0.3 is 0 Å². The van der Waals surface area contributed by atoms with E-state index in [2.05, 4.69) is 52.3 Å². The van der Waals surface area contributed by atoms with Crippen molar-refractivity contribution in [3.05, 3.63) is 56.4 Å². The Balaban J connectivity index is 2.30. The largest absolute Gasteiger partial charge is 0.376 e. The average molecular weight is 322 g/mol. The molecule has 100 valence electrons. The maximum absolute atomic E-state index is 11.8. The van der Waals surface area contributed by atoms with Gasteiger partial charge in [-0.1, -0.05) is 24.3 Å². The normalized spacial score (nSPS) is 12.2. The van der Waals surface area contributed by atoms with Crippen LogP contribution in [0.15, 0.2) is 39.7 Å². The molecule has 0 aliphatic rings. The van der Waals surface area contributed by atoms with Crippen molar-refractivity contribution in [1.82, 2.24) is 9.78 Å². The molecule has 1 aromatic heterocycles. The molecular formula is C14H16BrN3O. The smallest absolute Gasteiger partial charge is 0.282 e. The highest BCUT2D eigenvalue weighted by Gasteiger charge is 2.12. The summed E-state index contributed by atoms with van der Waals surface area (Å²) in [6.07, 6.45) is 1.65. The summed E-state index contributed by atoms with van der Waals surface area (Å²) in [4.78, 5) is 11.8. The summed E-state index contributed by atoms with van der Waals surface area (Å²) < 4.78 is 1.80. The van der Waals surface area contributed by atoms with Crippen LogP contribution in [0.2, 0.25) is 0 Å². The summed E-state index contributed by atoms with van der Waals surface area (Å²) in [5.41, 5.74) is 2.98. The number of nitrogens with one attached hydrogen (secondary N) is 1. The van der Waals surface area contributed by atoms with Gasteiger partial charge in [0.2, 0.25) is 0 Å². The van der Waals surface area contributed by atoms with Crippen molar-refractivity contribution < 1.29 is 0 Å². The molecule has 0 saturated carbocycles. The van der Waals surface area contributed by atoms with Crippen LogP contribution < -0.4 is 10.9 Å². The van der Waals surface area contributed by atoms with E-state index in [0.29, 0.717) is 10.2 Å². The molecule has 0 aliphatic carbocycles. The van der Waals surface area contributed by atoms with Crippen LogP contribution >= 0.6 is 15.9 Å². The van der Waals surface area contributed by atoms with Crippen LogP contribution in [0.4, 0.5) is 5.69 Å². The third-order valence-corrected chi connectivity index (χ3v) is 3.87. The highest BCUT2D eigenvalue weighted by Crippen LogP contribution is 2.24. The first-order valence-electron chi connectivity index (χ1n) is 6.04. The molecule has 1 aromatic carbocycles. The van der Waals surface area contributed by atoms with Gasteiger partial charge in [-0.3, -0.25) is 4.79 Å². The second-order valence-electron chi connectivity index (χ2n) is 4.52. The van der Waals surface area contributed by atoms with E-state index in [9.17, 15) is 4.79 Å². The molecule has 19 heavy (non-hydrogen) atoms. The average Bonchev–Trinajstić information content (AvgIpc) is 2.40. The lowest BCUT2D eigenvalue weighted by Gasteiger charge is -2.18. The zero-order chi connectivity index (χ0) is 14.0. The van der Waals surface area contributed by atoms with Crippen molar-refractivity contribution >= 4 is 21.6 Å². The topological polar surface area (TPSA) is 46.9 Å². The Kier molecular flexibility index (Phi) is 4.04. The molecule has 0 bridgehead atoms. The van der Waals surface area contributed by atoms with Crippen LogP contribution in [0.3, 0.4) is 0 Å². The third kappa shape index (κ3) is 2.87. The molecule has 5 heteroatoms. The third-order valence-electron chi connectivity index (χ3n) is 3.11. The number of halogens is 1. The highest BCUT2D eigenvalue weighted by molar-refractivity contribution is 9.10. The Morgan fingerprint density at radius 3 is 2.74 bits per heavy atom. The number of aryl methyl sites for hydroxylation is 2. The summed E-state index contributed by atoms with van der Waals surface area (Å²) in [7, 11) is 1.63.